The van der Waals surface area contributed by atoms with Crippen LogP contribution in [0.15, 0.2) is 170 Å². The van der Waals surface area contributed by atoms with Crippen molar-refractivity contribution in [1.29, 1.82) is 0 Å². The minimum Gasteiger partial charge on any atom is -0.310 e. The van der Waals surface area contributed by atoms with Crippen LogP contribution in [0.3, 0.4) is 0 Å². The molecule has 0 aromatic heterocycles. The molecule has 1 nitrogen and oxygen atoms in total. The van der Waals surface area contributed by atoms with Gasteiger partial charge in [-0.15, -0.1) is 0 Å². The number of nitrogens with zero attached hydrogens (tertiary/aromatic N) is 1. The maximum atomic E-state index is 2.50. The Labute approximate surface area is 365 Å². The van der Waals surface area contributed by atoms with E-state index in [1.54, 1.807) is 0 Å². The van der Waals surface area contributed by atoms with E-state index in [4.69, 9.17) is 0 Å². The second kappa shape index (κ2) is 17.4. The van der Waals surface area contributed by atoms with Gasteiger partial charge in [-0.25, -0.2) is 0 Å². The first kappa shape index (κ1) is 39.5. The van der Waals surface area contributed by atoms with Gasteiger partial charge in [-0.1, -0.05) is 198 Å². The molecule has 0 spiro atoms. The zero-order chi connectivity index (χ0) is 41.2. The van der Waals surface area contributed by atoms with Crippen molar-refractivity contribution in [1.82, 2.24) is 0 Å². The first-order valence-electron chi connectivity index (χ1n) is 23.6. The Morgan fingerprint density at radius 1 is 0.443 bits per heavy atom. The minimum absolute atomic E-state index is 0.290. The van der Waals surface area contributed by atoms with Gasteiger partial charge >= 0.3 is 0 Å². The van der Waals surface area contributed by atoms with Crippen molar-refractivity contribution in [2.24, 2.45) is 5.92 Å². The Morgan fingerprint density at radius 2 is 0.984 bits per heavy atom. The van der Waals surface area contributed by atoms with E-state index in [9.17, 15) is 0 Å². The monoisotopic (exact) mass is 795 g/mol. The average molecular weight is 796 g/mol. The highest BCUT2D eigenvalue weighted by molar-refractivity contribution is 5.91. The third kappa shape index (κ3) is 7.67. The summed E-state index contributed by atoms with van der Waals surface area (Å²) in [6.07, 6.45) is 16.2. The summed E-state index contributed by atoms with van der Waals surface area (Å²) in [7, 11) is 0. The van der Waals surface area contributed by atoms with Crippen LogP contribution in [0.2, 0.25) is 0 Å². The molecule has 0 amide bonds. The van der Waals surface area contributed by atoms with Gasteiger partial charge < -0.3 is 4.90 Å². The van der Waals surface area contributed by atoms with E-state index >= 15 is 0 Å². The van der Waals surface area contributed by atoms with Crippen LogP contribution in [0.1, 0.15) is 131 Å². The molecule has 3 aliphatic rings. The Bertz CT molecular complexity index is 2550. The van der Waals surface area contributed by atoms with Crippen molar-refractivity contribution in [2.75, 3.05) is 4.90 Å². The van der Waals surface area contributed by atoms with Gasteiger partial charge in [0, 0.05) is 22.4 Å². The van der Waals surface area contributed by atoms with Gasteiger partial charge in [0.2, 0.25) is 0 Å². The van der Waals surface area contributed by atoms with Gasteiger partial charge in [-0.2, -0.15) is 0 Å². The Balaban J connectivity index is 1.03. The molecule has 1 unspecified atom stereocenters. The zero-order valence-electron chi connectivity index (χ0n) is 36.3. The van der Waals surface area contributed by atoms with E-state index in [2.05, 4.69) is 189 Å². The Morgan fingerprint density at radius 3 is 1.66 bits per heavy atom. The van der Waals surface area contributed by atoms with Crippen LogP contribution in [-0.4, -0.2) is 0 Å². The van der Waals surface area contributed by atoms with Crippen molar-refractivity contribution >= 4 is 17.1 Å². The molecule has 0 N–H and O–H groups in total. The smallest absolute Gasteiger partial charge is 0.0540 e. The summed E-state index contributed by atoms with van der Waals surface area (Å²) in [4.78, 5) is 2.49. The van der Waals surface area contributed by atoms with E-state index in [0.717, 1.165) is 11.6 Å². The number of anilines is 3. The highest BCUT2D eigenvalue weighted by Crippen LogP contribution is 2.54. The normalized spacial score (nSPS) is 20.3. The average Bonchev–Trinajstić information content (AvgIpc) is 3.58. The molecule has 3 aliphatic carbocycles. The lowest BCUT2D eigenvalue weighted by Crippen LogP contribution is -2.23. The van der Waals surface area contributed by atoms with Gasteiger partial charge in [0.05, 0.1) is 5.69 Å². The van der Waals surface area contributed by atoms with Gasteiger partial charge in [0.1, 0.15) is 0 Å². The lowest BCUT2D eigenvalue weighted by atomic mass is 9.73. The van der Waals surface area contributed by atoms with Crippen LogP contribution < -0.4 is 4.90 Å². The van der Waals surface area contributed by atoms with Gasteiger partial charge in [0.25, 0.3) is 0 Å². The molecule has 7 aromatic carbocycles. The molecule has 0 heterocycles. The maximum absolute atomic E-state index is 2.50. The van der Waals surface area contributed by atoms with E-state index in [0.29, 0.717) is 11.8 Å². The lowest BCUT2D eigenvalue weighted by Gasteiger charge is -2.32. The fraction of sp³-hybridized carbons (Fsp3) is 0.300. The number of rotatable bonds is 9. The number of para-hydroxylation sites is 1. The van der Waals surface area contributed by atoms with E-state index < -0.39 is 0 Å². The first-order valence-corrected chi connectivity index (χ1v) is 23.6. The molecular formula is C60H61N. The molecule has 61 heavy (non-hydrogen) atoms. The van der Waals surface area contributed by atoms with Crippen molar-refractivity contribution in [2.45, 2.75) is 108 Å². The highest BCUT2D eigenvalue weighted by Gasteiger charge is 2.41. The first-order chi connectivity index (χ1) is 30.1. The Hall–Kier alpha value is -5.66. The van der Waals surface area contributed by atoms with Gasteiger partial charge in [-0.3, -0.25) is 0 Å². The van der Waals surface area contributed by atoms with Crippen LogP contribution in [0.4, 0.5) is 17.1 Å². The molecule has 0 aliphatic heterocycles. The summed E-state index contributed by atoms with van der Waals surface area (Å²) in [5, 5.41) is 0. The van der Waals surface area contributed by atoms with Crippen LogP contribution in [0.5, 0.6) is 0 Å². The summed E-state index contributed by atoms with van der Waals surface area (Å²) >= 11 is 0. The molecule has 0 bridgehead atoms. The number of fused-ring (bicyclic) bond motifs is 3. The van der Waals surface area contributed by atoms with Crippen molar-refractivity contribution in [3.05, 3.63) is 198 Å². The molecule has 1 atom stereocenters. The fourth-order valence-corrected chi connectivity index (χ4v) is 11.5. The third-order valence-corrected chi connectivity index (χ3v) is 15.1. The lowest BCUT2D eigenvalue weighted by molar-refractivity contribution is 0.350. The molecule has 306 valence electrons. The Kier molecular flexibility index (Phi) is 11.2. The molecule has 7 aromatic rings. The van der Waals surface area contributed by atoms with Gasteiger partial charge in [0.15, 0.2) is 0 Å². The fourth-order valence-electron chi connectivity index (χ4n) is 11.5. The van der Waals surface area contributed by atoms with Crippen molar-refractivity contribution in [3.63, 3.8) is 0 Å². The SMILES string of the molecule is CCC1CCCC(c2ccc(-c3ccc(N(c4ccc5c(c4)C(C)(c4ccc(C6CCCCC6)cc4)c4ccccc4-5)c4ccccc4-c4ccccc4)cc3)cc2)CCC1. The molecule has 2 fully saturated rings. The summed E-state index contributed by atoms with van der Waals surface area (Å²) in [5.41, 5.74) is 18.0. The largest absolute Gasteiger partial charge is 0.310 e. The van der Waals surface area contributed by atoms with Crippen LogP contribution >= 0.6 is 0 Å². The summed E-state index contributed by atoms with van der Waals surface area (Å²) in [6.45, 7) is 4.83. The quantitative estimate of drug-likeness (QED) is 0.141. The summed E-state index contributed by atoms with van der Waals surface area (Å²) < 4.78 is 0. The van der Waals surface area contributed by atoms with Crippen LogP contribution in [0.25, 0.3) is 33.4 Å². The number of hydrogen-bond donors (Lipinski definition) is 0. The van der Waals surface area contributed by atoms with E-state index in [1.165, 1.54) is 150 Å². The minimum atomic E-state index is -0.290. The molecule has 0 radical (unpaired) electrons. The van der Waals surface area contributed by atoms with E-state index in [1.807, 2.05) is 0 Å². The van der Waals surface area contributed by atoms with Crippen LogP contribution in [0, 0.1) is 5.92 Å². The highest BCUT2D eigenvalue weighted by atomic mass is 15.1. The third-order valence-electron chi connectivity index (χ3n) is 15.1. The van der Waals surface area contributed by atoms with Crippen LogP contribution in [-0.2, 0) is 5.41 Å². The van der Waals surface area contributed by atoms with Crippen molar-refractivity contribution in [3.8, 4) is 33.4 Å². The molecule has 2 saturated carbocycles. The predicted molar refractivity (Wildman–Crippen MR) is 259 cm³/mol. The standard InChI is InChI=1S/C60H61N/c1-3-43-16-14-22-45(23-15-17-43)46-28-30-47(31-29-46)49-34-38-52(39-35-49)61(59-27-13-11-24-54(59)50-20-8-5-9-21-50)53-40-41-56-55-25-10-12-26-57(55)60(2,58(56)42-53)51-36-32-48(33-37-51)44-18-6-4-7-19-44/h5,8-13,20-21,24-45H,3-4,6-7,14-19,22-23H2,1-2H3. The summed E-state index contributed by atoms with van der Waals surface area (Å²) in [5.74, 6) is 2.32. The molecule has 10 rings (SSSR count). The maximum Gasteiger partial charge on any atom is 0.0540 e. The predicted octanol–water partition coefficient (Wildman–Crippen LogP) is 17.3. The van der Waals surface area contributed by atoms with Crippen molar-refractivity contribution < 1.29 is 0 Å². The summed E-state index contributed by atoms with van der Waals surface area (Å²) in [6, 6.07) is 64.7. The van der Waals surface area contributed by atoms with E-state index in [-0.39, 0.29) is 5.41 Å². The molecular weight excluding hydrogens is 735 g/mol. The number of benzene rings is 7. The second-order valence-electron chi connectivity index (χ2n) is 18.6. The van der Waals surface area contributed by atoms with Gasteiger partial charge in [-0.05, 0) is 136 Å². The topological polar surface area (TPSA) is 3.24 Å². The second-order valence-corrected chi connectivity index (χ2v) is 18.6. The zero-order valence-corrected chi connectivity index (χ0v) is 36.3. The molecule has 0 saturated heterocycles. The number of hydrogen-bond acceptors (Lipinski definition) is 1. The molecule has 1 heteroatoms.